The molecule has 1 spiro atoms. The van der Waals surface area contributed by atoms with Crippen LogP contribution in [-0.4, -0.2) is 36.2 Å². The van der Waals surface area contributed by atoms with E-state index in [0.717, 1.165) is 25.9 Å². The fourth-order valence-corrected chi connectivity index (χ4v) is 3.99. The van der Waals surface area contributed by atoms with Crippen molar-refractivity contribution in [1.82, 2.24) is 10.3 Å². The minimum Gasteiger partial charge on any atom is -0.423 e. The summed E-state index contributed by atoms with van der Waals surface area (Å²) < 4.78 is 42.1. The second kappa shape index (κ2) is 6.04. The molecule has 4 rings (SSSR count). The number of amides is 1. The van der Waals surface area contributed by atoms with Gasteiger partial charge in [-0.3, -0.25) is 4.79 Å². The maximum atomic E-state index is 12.1. The molecule has 140 valence electrons. The normalized spacial score (nSPS) is 19.5. The first kappa shape index (κ1) is 17.5. The fraction of sp³-hybridized carbons (Fsp3) is 0.529. The lowest BCUT2D eigenvalue weighted by atomic mass is 9.61. The second-order valence-electron chi connectivity index (χ2n) is 7.25. The molecule has 5 nitrogen and oxygen atoms in total. The monoisotopic (exact) mass is 387 g/mol. The van der Waals surface area contributed by atoms with Crippen LogP contribution in [0.3, 0.4) is 0 Å². The molecule has 1 aliphatic heterocycles. The van der Waals surface area contributed by atoms with Crippen LogP contribution < -0.4 is 10.2 Å². The van der Waals surface area contributed by atoms with Crippen LogP contribution >= 0.6 is 11.6 Å². The minimum atomic E-state index is -4.30. The number of hydrogen-bond donors (Lipinski definition) is 1. The van der Waals surface area contributed by atoms with Gasteiger partial charge < -0.3 is 14.6 Å². The van der Waals surface area contributed by atoms with E-state index in [-0.39, 0.29) is 11.5 Å². The lowest BCUT2D eigenvalue weighted by Crippen LogP contribution is -2.66. The molecule has 1 amide bonds. The largest absolute Gasteiger partial charge is 0.423 e. The highest BCUT2D eigenvalue weighted by atomic mass is 35.5. The standard InChI is InChI=1S/C17H17ClF3N3O2/c18-10-1-2-13-12(5-10)23-15(26-13)24-8-16(9-24)6-11(7-16)22-14(25)3-4-17(19,20)21/h1-2,5,11H,3-4,6-9H2,(H,22,25). The molecule has 0 unspecified atom stereocenters. The smallest absolute Gasteiger partial charge is 0.389 e. The van der Waals surface area contributed by atoms with Crippen molar-refractivity contribution in [2.45, 2.75) is 37.9 Å². The molecule has 1 saturated heterocycles. The van der Waals surface area contributed by atoms with Crippen LogP contribution in [0.15, 0.2) is 22.6 Å². The number of oxazole rings is 1. The number of fused-ring (bicyclic) bond motifs is 1. The Hall–Kier alpha value is -1.96. The van der Waals surface area contributed by atoms with Crippen LogP contribution in [0.5, 0.6) is 0 Å². The van der Waals surface area contributed by atoms with E-state index in [1.807, 2.05) is 4.90 Å². The summed E-state index contributed by atoms with van der Waals surface area (Å²) in [6.07, 6.45) is -4.34. The van der Waals surface area contributed by atoms with Gasteiger partial charge in [-0.05, 0) is 31.0 Å². The van der Waals surface area contributed by atoms with Crippen molar-refractivity contribution in [3.63, 3.8) is 0 Å². The summed E-state index contributed by atoms with van der Waals surface area (Å²) in [6, 6.07) is 5.77. The zero-order valence-electron chi connectivity index (χ0n) is 13.8. The quantitative estimate of drug-likeness (QED) is 0.864. The van der Waals surface area contributed by atoms with Crippen molar-refractivity contribution >= 4 is 34.6 Å². The molecule has 0 atom stereocenters. The Morgan fingerprint density at radius 3 is 2.81 bits per heavy atom. The van der Waals surface area contributed by atoms with Crippen LogP contribution in [0, 0.1) is 5.41 Å². The van der Waals surface area contributed by atoms with Crippen LogP contribution in [0.25, 0.3) is 11.1 Å². The van der Waals surface area contributed by atoms with Crippen LogP contribution in [0.4, 0.5) is 19.2 Å². The maximum Gasteiger partial charge on any atom is 0.389 e. The molecule has 9 heteroatoms. The number of alkyl halides is 3. The Balaban J connectivity index is 1.26. The van der Waals surface area contributed by atoms with Crippen LogP contribution in [0.2, 0.25) is 5.02 Å². The highest BCUT2D eigenvalue weighted by Crippen LogP contribution is 2.49. The molecule has 2 aromatic rings. The van der Waals surface area contributed by atoms with Gasteiger partial charge in [0.05, 0.1) is 6.42 Å². The SMILES string of the molecule is O=C(CCC(F)(F)F)NC1CC2(C1)CN(c1nc3cc(Cl)ccc3o1)C2. The van der Waals surface area contributed by atoms with Gasteiger partial charge in [0.15, 0.2) is 5.58 Å². The summed E-state index contributed by atoms with van der Waals surface area (Å²) in [5.41, 5.74) is 1.48. The van der Waals surface area contributed by atoms with Gasteiger partial charge in [-0.1, -0.05) is 11.6 Å². The molecule has 0 bridgehead atoms. The molecule has 1 aromatic carbocycles. The summed E-state index contributed by atoms with van der Waals surface area (Å²) in [5.74, 6) is -0.533. The van der Waals surface area contributed by atoms with Gasteiger partial charge in [0, 0.05) is 36.0 Å². The van der Waals surface area contributed by atoms with Crippen molar-refractivity contribution in [2.24, 2.45) is 5.41 Å². The van der Waals surface area contributed by atoms with Gasteiger partial charge >= 0.3 is 6.18 Å². The van der Waals surface area contributed by atoms with Gasteiger partial charge in [-0.25, -0.2) is 0 Å². The number of carbonyl (C=O) groups excluding carboxylic acids is 1. The Labute approximate surface area is 152 Å². The highest BCUT2D eigenvalue weighted by molar-refractivity contribution is 6.31. The number of carbonyl (C=O) groups is 1. The van der Waals surface area contributed by atoms with Crippen molar-refractivity contribution < 1.29 is 22.4 Å². The van der Waals surface area contributed by atoms with E-state index in [2.05, 4.69) is 10.3 Å². The lowest BCUT2D eigenvalue weighted by Gasteiger charge is -2.58. The predicted octanol–water partition coefficient (Wildman–Crippen LogP) is 3.91. The molecule has 2 fully saturated rings. The average molecular weight is 388 g/mol. The van der Waals surface area contributed by atoms with E-state index in [9.17, 15) is 18.0 Å². The zero-order chi connectivity index (χ0) is 18.5. The van der Waals surface area contributed by atoms with E-state index in [1.54, 1.807) is 18.2 Å². The van der Waals surface area contributed by atoms with Crippen molar-refractivity contribution in [1.29, 1.82) is 0 Å². The zero-order valence-corrected chi connectivity index (χ0v) is 14.5. The molecule has 2 heterocycles. The molecule has 2 aliphatic rings. The van der Waals surface area contributed by atoms with Crippen LogP contribution in [0.1, 0.15) is 25.7 Å². The van der Waals surface area contributed by atoms with Crippen molar-refractivity contribution in [3.05, 3.63) is 23.2 Å². The van der Waals surface area contributed by atoms with Gasteiger partial charge in [-0.2, -0.15) is 18.2 Å². The van der Waals surface area contributed by atoms with Crippen LogP contribution in [-0.2, 0) is 4.79 Å². The third-order valence-corrected chi connectivity index (χ3v) is 5.26. The summed E-state index contributed by atoms with van der Waals surface area (Å²) in [5, 5.41) is 3.28. The first-order valence-corrected chi connectivity index (χ1v) is 8.76. The molecule has 1 N–H and O–H groups in total. The first-order valence-electron chi connectivity index (χ1n) is 8.39. The Morgan fingerprint density at radius 1 is 1.38 bits per heavy atom. The molecule has 1 saturated carbocycles. The Kier molecular flexibility index (Phi) is 4.06. The number of halogens is 4. The third-order valence-electron chi connectivity index (χ3n) is 5.02. The van der Waals surface area contributed by atoms with E-state index < -0.39 is 24.9 Å². The topological polar surface area (TPSA) is 58.4 Å². The first-order chi connectivity index (χ1) is 12.2. The third kappa shape index (κ3) is 3.47. The molecule has 1 aliphatic carbocycles. The predicted molar refractivity (Wildman–Crippen MR) is 90.1 cm³/mol. The van der Waals surface area contributed by atoms with E-state index in [0.29, 0.717) is 22.1 Å². The summed E-state index contributed by atoms with van der Waals surface area (Å²) in [4.78, 5) is 18.0. The van der Waals surface area contributed by atoms with Gasteiger partial charge in [-0.15, -0.1) is 0 Å². The lowest BCUT2D eigenvalue weighted by molar-refractivity contribution is -0.145. The summed E-state index contributed by atoms with van der Waals surface area (Å²) in [6.45, 7) is 1.53. The number of aromatic nitrogens is 1. The van der Waals surface area contributed by atoms with E-state index >= 15 is 0 Å². The molecular formula is C17H17ClF3N3O2. The van der Waals surface area contributed by atoms with E-state index in [1.165, 1.54) is 0 Å². The highest BCUT2D eigenvalue weighted by Gasteiger charge is 2.53. The van der Waals surface area contributed by atoms with Gasteiger partial charge in [0.1, 0.15) is 5.52 Å². The molecule has 0 radical (unpaired) electrons. The van der Waals surface area contributed by atoms with Gasteiger partial charge in [0.2, 0.25) is 5.91 Å². The number of anilines is 1. The molecular weight excluding hydrogens is 371 g/mol. The Morgan fingerprint density at radius 2 is 2.12 bits per heavy atom. The Bertz CT molecular complexity index is 837. The number of nitrogens with zero attached hydrogens (tertiary/aromatic N) is 2. The number of rotatable bonds is 4. The maximum absolute atomic E-state index is 12.1. The fourth-order valence-electron chi connectivity index (χ4n) is 3.82. The number of hydrogen-bond acceptors (Lipinski definition) is 4. The number of nitrogens with one attached hydrogen (secondary N) is 1. The second-order valence-corrected chi connectivity index (χ2v) is 7.69. The van der Waals surface area contributed by atoms with E-state index in [4.69, 9.17) is 16.0 Å². The van der Waals surface area contributed by atoms with Crippen molar-refractivity contribution in [3.8, 4) is 0 Å². The summed E-state index contributed by atoms with van der Waals surface area (Å²) in [7, 11) is 0. The summed E-state index contributed by atoms with van der Waals surface area (Å²) >= 11 is 5.95. The number of benzene rings is 1. The average Bonchev–Trinajstić information content (AvgIpc) is 2.87. The van der Waals surface area contributed by atoms with Gasteiger partial charge in [0.25, 0.3) is 6.01 Å². The van der Waals surface area contributed by atoms with Crippen molar-refractivity contribution in [2.75, 3.05) is 18.0 Å². The minimum absolute atomic E-state index is 0.0414. The molecule has 26 heavy (non-hydrogen) atoms. The molecule has 1 aromatic heterocycles.